The number of pyridine rings is 1. The third kappa shape index (κ3) is 9.05. The van der Waals surface area contributed by atoms with Crippen molar-refractivity contribution in [2.75, 3.05) is 31.5 Å². The molecule has 3 heterocycles. The predicted octanol–water partition coefficient (Wildman–Crippen LogP) is 5.64. The second-order valence-electron chi connectivity index (χ2n) is 12.7. The molecule has 1 aliphatic heterocycles. The predicted molar refractivity (Wildman–Crippen MR) is 179 cm³/mol. The highest BCUT2D eigenvalue weighted by Crippen LogP contribution is 2.30. The molecule has 0 fully saturated rings. The second-order valence-corrected chi connectivity index (χ2v) is 12.7. The van der Waals surface area contributed by atoms with Gasteiger partial charge in [-0.15, -0.1) is 0 Å². The number of anilines is 1. The molecule has 0 bridgehead atoms. The van der Waals surface area contributed by atoms with Crippen LogP contribution in [0.4, 0.5) is 10.6 Å². The van der Waals surface area contributed by atoms with Crippen molar-refractivity contribution in [3.63, 3.8) is 0 Å². The number of hydrogen-bond donors (Lipinski definition) is 2. The minimum absolute atomic E-state index is 0.219. The Morgan fingerprint density at radius 1 is 0.936 bits per heavy atom. The van der Waals surface area contributed by atoms with Gasteiger partial charge in [-0.2, -0.15) is 0 Å². The van der Waals surface area contributed by atoms with E-state index in [0.29, 0.717) is 60.4 Å². The molecule has 1 unspecified atom stereocenters. The lowest BCUT2D eigenvalue weighted by Crippen LogP contribution is -2.44. The largest absolute Gasteiger partial charge is 0.481 e. The van der Waals surface area contributed by atoms with Crippen LogP contribution in [0.3, 0.4) is 0 Å². The molecule has 0 spiro atoms. The van der Waals surface area contributed by atoms with Gasteiger partial charge in [-0.1, -0.05) is 6.07 Å². The molecule has 0 saturated heterocycles. The Morgan fingerprint density at radius 3 is 2.32 bits per heavy atom. The van der Waals surface area contributed by atoms with Gasteiger partial charge >= 0.3 is 6.09 Å². The number of ether oxygens (including phenoxy) is 2. The maximum atomic E-state index is 13.5. The van der Waals surface area contributed by atoms with E-state index in [0.717, 1.165) is 16.8 Å². The number of benzene rings is 1. The number of nitrogens with one attached hydrogen (secondary N) is 2. The summed E-state index contributed by atoms with van der Waals surface area (Å²) in [5, 5.41) is 5.69. The lowest BCUT2D eigenvalue weighted by Gasteiger charge is -2.36. The molecule has 1 aliphatic rings. The van der Waals surface area contributed by atoms with Crippen molar-refractivity contribution in [2.24, 2.45) is 0 Å². The molecule has 4 rings (SSSR count). The minimum Gasteiger partial charge on any atom is -0.481 e. The van der Waals surface area contributed by atoms with Crippen LogP contribution in [0.2, 0.25) is 0 Å². The summed E-state index contributed by atoms with van der Waals surface area (Å²) in [4.78, 5) is 56.5. The van der Waals surface area contributed by atoms with Crippen LogP contribution in [0, 0.1) is 27.7 Å². The van der Waals surface area contributed by atoms with Crippen LogP contribution in [0.5, 0.6) is 5.75 Å². The number of allylic oxidation sites excluding steroid dienone is 1. The zero-order valence-corrected chi connectivity index (χ0v) is 28.7. The first-order valence-corrected chi connectivity index (χ1v) is 15.7. The van der Waals surface area contributed by atoms with Gasteiger partial charge in [0.15, 0.2) is 6.10 Å². The zero-order chi connectivity index (χ0) is 34.5. The van der Waals surface area contributed by atoms with Crippen LogP contribution in [0.15, 0.2) is 48.6 Å². The summed E-state index contributed by atoms with van der Waals surface area (Å²) in [5.41, 5.74) is 3.68. The minimum atomic E-state index is -0.603. The summed E-state index contributed by atoms with van der Waals surface area (Å²) < 4.78 is 12.2. The third-order valence-corrected chi connectivity index (χ3v) is 7.43. The summed E-state index contributed by atoms with van der Waals surface area (Å²) in [7, 11) is 0. The van der Waals surface area contributed by atoms with E-state index in [1.165, 1.54) is 0 Å². The van der Waals surface area contributed by atoms with E-state index in [-0.39, 0.29) is 11.5 Å². The van der Waals surface area contributed by atoms with Crippen molar-refractivity contribution >= 4 is 23.7 Å². The molecular weight excluding hydrogens is 598 g/mol. The first kappa shape index (κ1) is 34.9. The number of amides is 3. The van der Waals surface area contributed by atoms with Crippen molar-refractivity contribution in [3.8, 4) is 5.75 Å². The average Bonchev–Trinajstić information content (AvgIpc) is 2.98. The van der Waals surface area contributed by atoms with Gasteiger partial charge < -0.3 is 25.0 Å². The lowest BCUT2D eigenvalue weighted by molar-refractivity contribution is 0.0272. The average molecular weight is 644 g/mol. The van der Waals surface area contributed by atoms with Gasteiger partial charge in [0.1, 0.15) is 23.0 Å². The van der Waals surface area contributed by atoms with E-state index in [1.54, 1.807) is 43.3 Å². The topological polar surface area (TPSA) is 139 Å². The highest BCUT2D eigenvalue weighted by Gasteiger charge is 2.29. The van der Waals surface area contributed by atoms with Crippen LogP contribution in [-0.4, -0.2) is 74.4 Å². The Bertz CT molecular complexity index is 1660. The number of aromatic nitrogens is 3. The number of nitrogens with zero attached hydrogens (tertiary/aromatic N) is 5. The summed E-state index contributed by atoms with van der Waals surface area (Å²) >= 11 is 0. The highest BCUT2D eigenvalue weighted by atomic mass is 16.6. The fourth-order valence-corrected chi connectivity index (χ4v) is 5.02. The highest BCUT2D eigenvalue weighted by molar-refractivity contribution is 6.07. The van der Waals surface area contributed by atoms with Gasteiger partial charge in [0, 0.05) is 55.1 Å². The van der Waals surface area contributed by atoms with Gasteiger partial charge in [0.05, 0.1) is 17.8 Å². The summed E-state index contributed by atoms with van der Waals surface area (Å²) in [6.07, 6.45) is 4.34. The van der Waals surface area contributed by atoms with E-state index in [1.807, 2.05) is 66.8 Å². The molecule has 3 amide bonds. The van der Waals surface area contributed by atoms with Crippen LogP contribution in [-0.2, 0) is 4.74 Å². The maximum absolute atomic E-state index is 13.5. The molecule has 0 saturated carbocycles. The molecule has 12 nitrogen and oxygen atoms in total. The Kier molecular flexibility index (Phi) is 10.8. The Morgan fingerprint density at radius 2 is 1.68 bits per heavy atom. The molecule has 1 atom stereocenters. The Labute approximate surface area is 276 Å². The Hall–Kier alpha value is -5.00. The molecule has 0 radical (unpaired) electrons. The van der Waals surface area contributed by atoms with E-state index >= 15 is 0 Å². The van der Waals surface area contributed by atoms with E-state index in [2.05, 4.69) is 30.5 Å². The number of carbonyl (C=O) groups excluding carboxylic acids is 3. The van der Waals surface area contributed by atoms with Crippen molar-refractivity contribution in [3.05, 3.63) is 87.9 Å². The molecule has 3 aromatic rings. The van der Waals surface area contributed by atoms with Crippen LogP contribution < -0.4 is 15.4 Å². The molecule has 1 aromatic carbocycles. The quantitative estimate of drug-likeness (QED) is 0.303. The van der Waals surface area contributed by atoms with Gasteiger partial charge in [0.25, 0.3) is 11.8 Å². The van der Waals surface area contributed by atoms with Gasteiger partial charge in [-0.3, -0.25) is 19.5 Å². The van der Waals surface area contributed by atoms with Crippen molar-refractivity contribution in [1.82, 2.24) is 30.1 Å². The summed E-state index contributed by atoms with van der Waals surface area (Å²) in [5.74, 6) is 0.479. The zero-order valence-electron chi connectivity index (χ0n) is 28.7. The maximum Gasteiger partial charge on any atom is 0.414 e. The smallest absolute Gasteiger partial charge is 0.414 e. The van der Waals surface area contributed by atoms with E-state index in [9.17, 15) is 14.4 Å². The molecule has 2 N–H and O–H groups in total. The van der Waals surface area contributed by atoms with Crippen LogP contribution in [0.1, 0.15) is 89.6 Å². The van der Waals surface area contributed by atoms with Crippen molar-refractivity contribution in [1.29, 1.82) is 0 Å². The summed E-state index contributed by atoms with van der Waals surface area (Å²) in [6, 6.07) is 7.12. The fourth-order valence-electron chi connectivity index (χ4n) is 5.02. The normalized spacial score (nSPS) is 13.9. The van der Waals surface area contributed by atoms with Crippen molar-refractivity contribution < 1.29 is 23.9 Å². The summed E-state index contributed by atoms with van der Waals surface area (Å²) in [6.45, 7) is 18.3. The standard InChI is InChI=1S/C35H45N7O5/c1-10-36-32(43)27-16-26(33(44)40-31-23(4)18-37-25(6)39-31)22(3)15-29(27)46-30(28-12-11-21(2)17-38-28)20-41-13-14-42(24(5)19-41)34(45)47-35(7,8)9/h11-12,15-19,30H,10,13-14,20H2,1-9H3,(H,36,43)(H,37,39,40,44). The van der Waals surface area contributed by atoms with Crippen LogP contribution in [0.25, 0.3) is 0 Å². The number of aryl methyl sites for hydroxylation is 4. The monoisotopic (exact) mass is 643 g/mol. The van der Waals surface area contributed by atoms with Crippen LogP contribution >= 0.6 is 0 Å². The van der Waals surface area contributed by atoms with Gasteiger partial charge in [-0.25, -0.2) is 14.8 Å². The SMILES string of the molecule is CCNC(=O)c1cc(C(=O)Nc2nc(C)ncc2C)c(C)cc1OC(CN1C=C(C)N(C(=O)OC(C)(C)C)CC1)c1ccc(C)cn1. The first-order valence-electron chi connectivity index (χ1n) is 15.7. The molecule has 2 aromatic heterocycles. The van der Waals surface area contributed by atoms with Crippen molar-refractivity contribution in [2.45, 2.75) is 74.0 Å². The molecule has 12 heteroatoms. The lowest BCUT2D eigenvalue weighted by atomic mass is 10.0. The number of hydrogen-bond acceptors (Lipinski definition) is 9. The first-order chi connectivity index (χ1) is 22.1. The number of carbonyl (C=O) groups is 3. The van der Waals surface area contributed by atoms with Gasteiger partial charge in [-0.05, 0) is 91.6 Å². The second kappa shape index (κ2) is 14.6. The molecule has 47 heavy (non-hydrogen) atoms. The number of rotatable bonds is 9. The van der Waals surface area contributed by atoms with Gasteiger partial charge in [0.2, 0.25) is 0 Å². The molecule has 0 aliphatic carbocycles. The fraction of sp³-hybridized carbons (Fsp3) is 0.429. The van der Waals surface area contributed by atoms with E-state index < -0.39 is 23.7 Å². The van der Waals surface area contributed by atoms with E-state index in [4.69, 9.17) is 9.47 Å². The molecular formula is C35H45N7O5. The molecule has 250 valence electrons. The third-order valence-electron chi connectivity index (χ3n) is 7.43. The Balaban J connectivity index is 1.67.